The number of benzene rings is 1. The molecule has 0 spiro atoms. The lowest BCUT2D eigenvalue weighted by Gasteiger charge is -2.16. The number of hydrogen-bond acceptors (Lipinski definition) is 6. The molecular formula is C26H48N4O5S. The second-order valence-corrected chi connectivity index (χ2v) is 8.92. The highest BCUT2D eigenvalue weighted by Crippen LogP contribution is 2.23. The van der Waals surface area contributed by atoms with E-state index in [-0.39, 0.29) is 47.9 Å². The molecule has 36 heavy (non-hydrogen) atoms. The van der Waals surface area contributed by atoms with Crippen LogP contribution in [0.25, 0.3) is 0 Å². The van der Waals surface area contributed by atoms with E-state index in [4.69, 9.17) is 0 Å². The fraction of sp³-hybridized carbons (Fsp3) is 0.577. The van der Waals surface area contributed by atoms with Crippen molar-refractivity contribution in [3.05, 3.63) is 29.8 Å². The number of hydrogen-bond donors (Lipinski definition) is 3. The van der Waals surface area contributed by atoms with Crippen LogP contribution in [0.2, 0.25) is 0 Å². The third-order valence-corrected chi connectivity index (χ3v) is 5.83. The van der Waals surface area contributed by atoms with Crippen LogP contribution in [-0.2, 0) is 30.4 Å². The van der Waals surface area contributed by atoms with Gasteiger partial charge < -0.3 is 16.0 Å². The predicted molar refractivity (Wildman–Crippen MR) is 152 cm³/mol. The van der Waals surface area contributed by atoms with Crippen molar-refractivity contribution >= 4 is 47.0 Å². The second kappa shape index (κ2) is 18.4. The number of nitrogens with one attached hydrogen (secondary N) is 3. The Kier molecular flexibility index (Phi) is 16.9. The van der Waals surface area contributed by atoms with Crippen molar-refractivity contribution < 1.29 is 28.3 Å². The molecule has 5 amide bonds. The molecule has 9 nitrogen and oxygen atoms in total. The number of amides is 5. The Morgan fingerprint density at radius 2 is 1.67 bits per heavy atom. The number of aryl methyl sites for hydroxylation is 1. The number of rotatable bonds is 10. The Morgan fingerprint density at radius 1 is 1.08 bits per heavy atom. The normalized spacial score (nSPS) is 15.1. The van der Waals surface area contributed by atoms with Gasteiger partial charge in [0.05, 0.1) is 11.8 Å². The number of nitrogens with zero attached hydrogens (tertiary/aromatic N) is 1. The van der Waals surface area contributed by atoms with Gasteiger partial charge in [0.15, 0.2) is 0 Å². The minimum atomic E-state index is -0.793. The molecule has 2 atom stereocenters. The SMILES string of the molecule is CC.CCC.CCc1ccc(NC(=O)[C@H](C)NC(=O)CNC(=O)CCN2C(=O)CC(SC)C2=O)cc1.[HH].[HH].[HH]. The second-order valence-electron chi connectivity index (χ2n) is 7.87. The van der Waals surface area contributed by atoms with E-state index < -0.39 is 23.1 Å². The molecule has 1 aromatic rings. The van der Waals surface area contributed by atoms with Crippen molar-refractivity contribution in [2.24, 2.45) is 0 Å². The van der Waals surface area contributed by atoms with Gasteiger partial charge in [-0.25, -0.2) is 0 Å². The summed E-state index contributed by atoms with van der Waals surface area (Å²) in [4.78, 5) is 61.1. The van der Waals surface area contributed by atoms with Gasteiger partial charge in [0.25, 0.3) is 0 Å². The fourth-order valence-electron chi connectivity index (χ4n) is 2.98. The smallest absolute Gasteiger partial charge is 0.246 e. The zero-order valence-corrected chi connectivity index (χ0v) is 23.4. The van der Waals surface area contributed by atoms with Crippen LogP contribution < -0.4 is 16.0 Å². The Labute approximate surface area is 224 Å². The molecule has 0 aliphatic carbocycles. The molecule has 0 radical (unpaired) electrons. The molecule has 1 aromatic carbocycles. The summed E-state index contributed by atoms with van der Waals surface area (Å²) in [5.41, 5.74) is 1.78. The van der Waals surface area contributed by atoms with Gasteiger partial charge >= 0.3 is 0 Å². The van der Waals surface area contributed by atoms with E-state index in [1.807, 2.05) is 32.9 Å². The third-order valence-electron chi connectivity index (χ3n) is 4.90. The first kappa shape index (κ1) is 33.1. The van der Waals surface area contributed by atoms with Gasteiger partial charge in [-0.1, -0.05) is 53.2 Å². The lowest BCUT2D eigenvalue weighted by atomic mass is 10.1. The van der Waals surface area contributed by atoms with Crippen molar-refractivity contribution in [1.29, 1.82) is 0 Å². The maximum atomic E-state index is 12.2. The number of carbonyl (C=O) groups excluding carboxylic acids is 5. The van der Waals surface area contributed by atoms with E-state index in [1.165, 1.54) is 18.2 Å². The van der Waals surface area contributed by atoms with E-state index in [1.54, 1.807) is 25.3 Å². The Balaban J connectivity index is -0.000000714. The van der Waals surface area contributed by atoms with E-state index in [9.17, 15) is 24.0 Å². The molecular weight excluding hydrogens is 480 g/mol. The first-order valence-corrected chi connectivity index (χ1v) is 13.8. The monoisotopic (exact) mass is 528 g/mol. The van der Waals surface area contributed by atoms with Crippen LogP contribution in [0.4, 0.5) is 5.69 Å². The van der Waals surface area contributed by atoms with Crippen LogP contribution in [0.1, 0.15) is 70.6 Å². The number of anilines is 1. The molecule has 2 rings (SSSR count). The summed E-state index contributed by atoms with van der Waals surface area (Å²) in [6, 6.07) is 6.63. The molecule has 1 aliphatic rings. The first-order chi connectivity index (χ1) is 17.2. The molecule has 10 heteroatoms. The molecule has 208 valence electrons. The van der Waals surface area contributed by atoms with Crippen molar-refractivity contribution in [3.8, 4) is 0 Å². The Hall–Kier alpha value is -2.88. The van der Waals surface area contributed by atoms with Crippen LogP contribution in [0.5, 0.6) is 0 Å². The molecule has 0 aromatic heterocycles. The summed E-state index contributed by atoms with van der Waals surface area (Å²) in [6.07, 6.45) is 3.96. The van der Waals surface area contributed by atoms with Gasteiger partial charge in [0.2, 0.25) is 29.5 Å². The molecule has 1 heterocycles. The van der Waals surface area contributed by atoms with Crippen molar-refractivity contribution in [2.45, 2.75) is 78.5 Å². The summed E-state index contributed by atoms with van der Waals surface area (Å²) in [5, 5.41) is 7.28. The summed E-state index contributed by atoms with van der Waals surface area (Å²) in [6.45, 7) is 11.5. The van der Waals surface area contributed by atoms with Gasteiger partial charge in [-0.2, -0.15) is 11.8 Å². The van der Waals surface area contributed by atoms with Gasteiger partial charge in [-0.05, 0) is 37.3 Å². The third kappa shape index (κ3) is 11.7. The minimum absolute atomic E-state index is 0. The topological polar surface area (TPSA) is 125 Å². The highest BCUT2D eigenvalue weighted by atomic mass is 32.2. The number of likely N-dealkylation sites (tertiary alicyclic amines) is 1. The molecule has 3 N–H and O–H groups in total. The van der Waals surface area contributed by atoms with Crippen LogP contribution in [0.15, 0.2) is 24.3 Å². The van der Waals surface area contributed by atoms with Gasteiger partial charge in [-0.3, -0.25) is 28.9 Å². The summed E-state index contributed by atoms with van der Waals surface area (Å²) < 4.78 is 0. The molecule has 1 fully saturated rings. The van der Waals surface area contributed by atoms with Crippen LogP contribution in [0, 0.1) is 0 Å². The van der Waals surface area contributed by atoms with Gasteiger partial charge in [-0.15, -0.1) is 0 Å². The maximum absolute atomic E-state index is 12.2. The number of thioether (sulfide) groups is 1. The van der Waals surface area contributed by atoms with E-state index >= 15 is 0 Å². The summed E-state index contributed by atoms with van der Waals surface area (Å²) in [7, 11) is 0. The van der Waals surface area contributed by atoms with E-state index in [0.717, 1.165) is 16.9 Å². The van der Waals surface area contributed by atoms with E-state index in [0.29, 0.717) is 5.69 Å². The first-order valence-electron chi connectivity index (χ1n) is 12.5. The van der Waals surface area contributed by atoms with Crippen LogP contribution in [-0.4, -0.2) is 65.1 Å². The van der Waals surface area contributed by atoms with Gasteiger partial charge in [0, 0.05) is 29.4 Å². The Bertz CT molecular complexity index is 876. The summed E-state index contributed by atoms with van der Waals surface area (Å²) >= 11 is 1.31. The van der Waals surface area contributed by atoms with Crippen LogP contribution in [0.3, 0.4) is 0 Å². The maximum Gasteiger partial charge on any atom is 0.246 e. The molecule has 1 saturated heterocycles. The molecule has 0 bridgehead atoms. The minimum Gasteiger partial charge on any atom is -0.347 e. The standard InChI is InChI=1S/C21H28N4O5S.C3H8.C2H6.3H2/c1-4-14-5-7-15(8-6-14)24-20(29)13(2)23-18(27)12-22-17(26)9-10-25-19(28)11-16(31-3)21(25)30;1-3-2;1-2;;;/h5-8,13,16H,4,9-12H2,1-3H3,(H,22,26)(H,23,27)(H,24,29);3H2,1-2H3;1-2H3;3*1H/t13-,16?;;;;;/m0...../s1. The van der Waals surface area contributed by atoms with E-state index in [2.05, 4.69) is 29.8 Å². The molecule has 1 aliphatic heterocycles. The molecule has 1 unspecified atom stereocenters. The fourth-order valence-corrected chi connectivity index (χ4v) is 3.62. The largest absolute Gasteiger partial charge is 0.347 e. The average Bonchev–Trinajstić information content (AvgIpc) is 3.15. The lowest BCUT2D eigenvalue weighted by Crippen LogP contribution is -2.46. The zero-order chi connectivity index (χ0) is 27.7. The average molecular weight is 529 g/mol. The quantitative estimate of drug-likeness (QED) is 0.396. The van der Waals surface area contributed by atoms with Crippen molar-refractivity contribution in [2.75, 3.05) is 24.7 Å². The highest BCUT2D eigenvalue weighted by molar-refractivity contribution is 8.00. The number of imide groups is 1. The number of carbonyl (C=O) groups is 5. The predicted octanol–water partition coefficient (Wildman–Crippen LogP) is 3.87. The zero-order valence-electron chi connectivity index (χ0n) is 22.6. The lowest BCUT2D eigenvalue weighted by molar-refractivity contribution is -0.138. The highest BCUT2D eigenvalue weighted by Gasteiger charge is 2.37. The summed E-state index contributed by atoms with van der Waals surface area (Å²) in [5.74, 6) is -1.94. The molecule has 0 saturated carbocycles. The van der Waals surface area contributed by atoms with Crippen molar-refractivity contribution in [1.82, 2.24) is 15.5 Å². The van der Waals surface area contributed by atoms with Crippen molar-refractivity contribution in [3.63, 3.8) is 0 Å². The van der Waals surface area contributed by atoms with Gasteiger partial charge in [0.1, 0.15) is 6.04 Å². The Morgan fingerprint density at radius 3 is 2.17 bits per heavy atom. The van der Waals surface area contributed by atoms with Crippen LogP contribution >= 0.6 is 11.8 Å².